The fraction of sp³-hybridized carbons (Fsp3) is 0.400. The summed E-state index contributed by atoms with van der Waals surface area (Å²) >= 11 is 1.25. The third kappa shape index (κ3) is 2.96. The molecule has 1 aromatic carbocycles. The summed E-state index contributed by atoms with van der Waals surface area (Å²) in [6.07, 6.45) is -4.36. The first-order chi connectivity index (χ1) is 10.3. The van der Waals surface area contributed by atoms with Gasteiger partial charge in [-0.15, -0.1) is 11.3 Å². The number of alkyl halides is 3. The molecule has 7 heteroatoms. The Labute approximate surface area is 129 Å². The van der Waals surface area contributed by atoms with Crippen molar-refractivity contribution in [3.63, 3.8) is 0 Å². The maximum atomic E-state index is 12.7. The van der Waals surface area contributed by atoms with Crippen molar-refractivity contribution in [2.75, 3.05) is 33.2 Å². The lowest BCUT2D eigenvalue weighted by Crippen LogP contribution is -2.46. The van der Waals surface area contributed by atoms with E-state index in [2.05, 4.69) is 4.90 Å². The van der Waals surface area contributed by atoms with Crippen LogP contribution in [0.15, 0.2) is 24.3 Å². The normalized spacial score (nSPS) is 17.2. The molecule has 2 heterocycles. The molecule has 1 aromatic heterocycles. The first kappa shape index (κ1) is 15.3. The number of halogens is 3. The maximum absolute atomic E-state index is 12.7. The molecule has 22 heavy (non-hydrogen) atoms. The lowest BCUT2D eigenvalue weighted by molar-refractivity contribution is -0.137. The van der Waals surface area contributed by atoms with Gasteiger partial charge in [0, 0.05) is 30.9 Å². The van der Waals surface area contributed by atoms with Crippen molar-refractivity contribution in [1.82, 2.24) is 9.80 Å². The summed E-state index contributed by atoms with van der Waals surface area (Å²) in [7, 11) is 2.00. The summed E-state index contributed by atoms with van der Waals surface area (Å²) in [6, 6.07) is 5.16. The Bertz CT molecular complexity index is 702. The Morgan fingerprint density at radius 1 is 1.14 bits per heavy atom. The molecule has 3 rings (SSSR count). The first-order valence-corrected chi connectivity index (χ1v) is 7.75. The molecule has 1 amide bonds. The minimum absolute atomic E-state index is 0.0946. The van der Waals surface area contributed by atoms with Crippen molar-refractivity contribution in [2.24, 2.45) is 0 Å². The zero-order valence-corrected chi connectivity index (χ0v) is 12.8. The van der Waals surface area contributed by atoms with Gasteiger partial charge in [-0.3, -0.25) is 4.79 Å². The fourth-order valence-electron chi connectivity index (χ4n) is 2.49. The zero-order chi connectivity index (χ0) is 15.9. The van der Waals surface area contributed by atoms with E-state index < -0.39 is 11.7 Å². The van der Waals surface area contributed by atoms with Crippen molar-refractivity contribution in [2.45, 2.75) is 6.18 Å². The number of piperazine rings is 1. The highest BCUT2D eigenvalue weighted by atomic mass is 32.1. The molecule has 1 fully saturated rings. The van der Waals surface area contributed by atoms with Crippen molar-refractivity contribution in [3.8, 4) is 0 Å². The van der Waals surface area contributed by atoms with E-state index in [0.717, 1.165) is 25.2 Å². The van der Waals surface area contributed by atoms with Crippen LogP contribution in [0.25, 0.3) is 10.1 Å². The van der Waals surface area contributed by atoms with E-state index in [0.29, 0.717) is 28.1 Å². The molecule has 0 N–H and O–H groups in total. The minimum atomic E-state index is -4.36. The quantitative estimate of drug-likeness (QED) is 0.802. The zero-order valence-electron chi connectivity index (χ0n) is 12.0. The number of hydrogen-bond acceptors (Lipinski definition) is 3. The van der Waals surface area contributed by atoms with Gasteiger partial charge in [0.05, 0.1) is 10.4 Å². The average Bonchev–Trinajstić information content (AvgIpc) is 2.89. The Morgan fingerprint density at radius 3 is 2.45 bits per heavy atom. The third-order valence-corrected chi connectivity index (χ3v) is 4.95. The average molecular weight is 328 g/mol. The van der Waals surface area contributed by atoms with Crippen molar-refractivity contribution < 1.29 is 18.0 Å². The monoisotopic (exact) mass is 328 g/mol. The smallest absolute Gasteiger partial charge is 0.335 e. The molecule has 0 saturated carbocycles. The van der Waals surface area contributed by atoms with E-state index in [1.54, 1.807) is 11.0 Å². The van der Waals surface area contributed by atoms with Crippen LogP contribution in [0.2, 0.25) is 0 Å². The molecule has 0 unspecified atom stereocenters. The number of hydrogen-bond donors (Lipinski definition) is 0. The lowest BCUT2D eigenvalue weighted by Gasteiger charge is -2.32. The van der Waals surface area contributed by atoms with Crippen LogP contribution in [0.1, 0.15) is 15.2 Å². The molecule has 1 aliphatic heterocycles. The topological polar surface area (TPSA) is 23.6 Å². The minimum Gasteiger partial charge on any atom is -0.335 e. The Balaban J connectivity index is 1.87. The van der Waals surface area contributed by atoms with Gasteiger partial charge in [0.2, 0.25) is 0 Å². The van der Waals surface area contributed by atoms with Gasteiger partial charge in [0.1, 0.15) is 0 Å². The highest BCUT2D eigenvalue weighted by Gasteiger charge is 2.31. The van der Waals surface area contributed by atoms with Crippen LogP contribution in [-0.4, -0.2) is 48.9 Å². The fourth-order valence-corrected chi connectivity index (χ4v) is 3.50. The van der Waals surface area contributed by atoms with Gasteiger partial charge in [-0.1, -0.05) is 0 Å². The molecule has 0 radical (unpaired) electrons. The van der Waals surface area contributed by atoms with Crippen molar-refractivity contribution >= 4 is 27.3 Å². The summed E-state index contributed by atoms with van der Waals surface area (Å²) in [6.45, 7) is 2.93. The van der Waals surface area contributed by atoms with Gasteiger partial charge < -0.3 is 9.80 Å². The van der Waals surface area contributed by atoms with E-state index in [-0.39, 0.29) is 5.91 Å². The molecule has 0 spiro atoms. The summed E-state index contributed by atoms with van der Waals surface area (Å²) in [5, 5.41) is 0.470. The number of benzene rings is 1. The second-order valence-corrected chi connectivity index (χ2v) is 6.54. The number of thiophene rings is 1. The SMILES string of the molecule is CN1CCN(C(=O)c2cc3cc(C(F)(F)F)ccc3s2)CC1. The first-order valence-electron chi connectivity index (χ1n) is 6.93. The second kappa shape index (κ2) is 5.55. The summed E-state index contributed by atoms with van der Waals surface area (Å²) in [5.74, 6) is -0.0946. The van der Waals surface area contributed by atoms with E-state index >= 15 is 0 Å². The largest absolute Gasteiger partial charge is 0.416 e. The van der Waals surface area contributed by atoms with Crippen LogP contribution in [0.5, 0.6) is 0 Å². The molecule has 0 atom stereocenters. The van der Waals surface area contributed by atoms with Crippen LogP contribution in [0, 0.1) is 0 Å². The van der Waals surface area contributed by atoms with E-state index in [1.807, 2.05) is 7.05 Å². The van der Waals surface area contributed by atoms with Crippen LogP contribution in [-0.2, 0) is 6.18 Å². The molecule has 1 aliphatic rings. The number of likely N-dealkylation sites (N-methyl/N-ethyl adjacent to an activating group) is 1. The van der Waals surface area contributed by atoms with Crippen LogP contribution >= 0.6 is 11.3 Å². The molecular formula is C15H15F3N2OS. The molecule has 2 aromatic rings. The Hall–Kier alpha value is -1.60. The standard InChI is InChI=1S/C15H15F3N2OS/c1-19-4-6-20(7-5-19)14(21)13-9-10-8-11(15(16,17)18)2-3-12(10)22-13/h2-3,8-9H,4-7H2,1H3. The molecule has 3 nitrogen and oxygen atoms in total. The molecular weight excluding hydrogens is 313 g/mol. The predicted molar refractivity (Wildman–Crippen MR) is 80.2 cm³/mol. The Kier molecular flexibility index (Phi) is 3.86. The van der Waals surface area contributed by atoms with E-state index in [4.69, 9.17) is 0 Å². The number of amides is 1. The summed E-state index contributed by atoms with van der Waals surface area (Å²) in [5.41, 5.74) is -0.684. The van der Waals surface area contributed by atoms with Gasteiger partial charge in [0.25, 0.3) is 5.91 Å². The van der Waals surface area contributed by atoms with Crippen LogP contribution in [0.4, 0.5) is 13.2 Å². The number of fused-ring (bicyclic) bond motifs is 1. The Morgan fingerprint density at radius 2 is 1.82 bits per heavy atom. The summed E-state index contributed by atoms with van der Waals surface area (Å²) in [4.78, 5) is 16.9. The molecule has 0 aliphatic carbocycles. The third-order valence-electron chi connectivity index (χ3n) is 3.84. The highest BCUT2D eigenvalue weighted by Crippen LogP contribution is 2.34. The number of carbonyl (C=O) groups is 1. The van der Waals surface area contributed by atoms with Crippen LogP contribution in [0.3, 0.4) is 0 Å². The number of nitrogens with zero attached hydrogens (tertiary/aromatic N) is 2. The molecule has 118 valence electrons. The van der Waals surface area contributed by atoms with Gasteiger partial charge in [-0.05, 0) is 36.7 Å². The second-order valence-electron chi connectivity index (χ2n) is 5.46. The van der Waals surface area contributed by atoms with Crippen LogP contribution < -0.4 is 0 Å². The number of rotatable bonds is 1. The van der Waals surface area contributed by atoms with Gasteiger partial charge in [0.15, 0.2) is 0 Å². The molecule has 0 bridgehead atoms. The predicted octanol–water partition coefficient (Wildman–Crippen LogP) is 3.31. The van der Waals surface area contributed by atoms with Gasteiger partial charge >= 0.3 is 6.18 Å². The lowest BCUT2D eigenvalue weighted by atomic mass is 10.1. The van der Waals surface area contributed by atoms with E-state index in [1.165, 1.54) is 17.4 Å². The highest BCUT2D eigenvalue weighted by molar-refractivity contribution is 7.20. The van der Waals surface area contributed by atoms with Gasteiger partial charge in [-0.25, -0.2) is 0 Å². The van der Waals surface area contributed by atoms with E-state index in [9.17, 15) is 18.0 Å². The number of carbonyl (C=O) groups excluding carboxylic acids is 1. The maximum Gasteiger partial charge on any atom is 0.416 e. The summed E-state index contributed by atoms with van der Waals surface area (Å²) < 4.78 is 38.9. The van der Waals surface area contributed by atoms with Crippen molar-refractivity contribution in [3.05, 3.63) is 34.7 Å². The van der Waals surface area contributed by atoms with Gasteiger partial charge in [-0.2, -0.15) is 13.2 Å². The molecule has 1 saturated heterocycles. The van der Waals surface area contributed by atoms with Crippen molar-refractivity contribution in [1.29, 1.82) is 0 Å².